The summed E-state index contributed by atoms with van der Waals surface area (Å²) in [6.45, 7) is 9.73. The van der Waals surface area contributed by atoms with Crippen molar-refractivity contribution in [3.63, 3.8) is 0 Å². The minimum Gasteiger partial charge on any atom is -0.493 e. The number of pyridine rings is 1. The Morgan fingerprint density at radius 3 is 2.82 bits per heavy atom. The van der Waals surface area contributed by atoms with Gasteiger partial charge in [-0.25, -0.2) is 4.98 Å². The zero-order valence-electron chi connectivity index (χ0n) is 12.9. The van der Waals surface area contributed by atoms with Crippen molar-refractivity contribution >= 4 is 17.5 Å². The van der Waals surface area contributed by atoms with Gasteiger partial charge in [0.05, 0.1) is 6.04 Å². The number of hydrogen-bond acceptors (Lipinski definition) is 3. The smallest absolute Gasteiger partial charge is 0.255 e. The summed E-state index contributed by atoms with van der Waals surface area (Å²) in [5, 5.41) is 9.92. The van der Waals surface area contributed by atoms with Crippen LogP contribution in [0.4, 0.5) is 0 Å². The van der Waals surface area contributed by atoms with Crippen LogP contribution in [-0.4, -0.2) is 27.4 Å². The predicted molar refractivity (Wildman–Crippen MR) is 87.6 cm³/mol. The largest absolute Gasteiger partial charge is 0.493 e. The second kappa shape index (κ2) is 6.36. The quantitative estimate of drug-likeness (QED) is 0.922. The van der Waals surface area contributed by atoms with E-state index in [4.69, 9.17) is 11.6 Å². The van der Waals surface area contributed by atoms with Crippen molar-refractivity contribution in [2.45, 2.75) is 26.8 Å². The summed E-state index contributed by atoms with van der Waals surface area (Å²) in [5.41, 5.74) is 2.88. The molecule has 0 saturated carbocycles. The molecule has 116 valence electrons. The third-order valence-electron chi connectivity index (χ3n) is 3.83. The van der Waals surface area contributed by atoms with Gasteiger partial charge in [-0.15, -0.1) is 0 Å². The zero-order chi connectivity index (χ0) is 16.4. The third kappa shape index (κ3) is 2.92. The number of hydrogen-bond donors (Lipinski definition) is 1. The van der Waals surface area contributed by atoms with Crippen LogP contribution < -0.4 is 0 Å². The summed E-state index contributed by atoms with van der Waals surface area (Å²) >= 11 is 6.03. The van der Waals surface area contributed by atoms with Gasteiger partial charge >= 0.3 is 0 Å². The number of halogens is 1. The van der Waals surface area contributed by atoms with E-state index < -0.39 is 0 Å². The first kappa shape index (κ1) is 16.3. The van der Waals surface area contributed by atoms with E-state index in [2.05, 4.69) is 11.6 Å². The zero-order valence-corrected chi connectivity index (χ0v) is 13.7. The highest BCUT2D eigenvalue weighted by molar-refractivity contribution is 6.32. The number of nitrogens with zero attached hydrogens (tertiary/aromatic N) is 2. The lowest BCUT2D eigenvalue weighted by molar-refractivity contribution is -0.127. The lowest BCUT2D eigenvalue weighted by Crippen LogP contribution is -2.30. The monoisotopic (exact) mass is 318 g/mol. The summed E-state index contributed by atoms with van der Waals surface area (Å²) in [6.07, 6.45) is 5.16. The number of carbonyl (C=O) groups is 1. The van der Waals surface area contributed by atoms with Crippen LogP contribution in [0, 0.1) is 6.92 Å². The Bertz CT molecular complexity index is 692. The molecule has 2 rings (SSSR count). The molecule has 1 aromatic rings. The summed E-state index contributed by atoms with van der Waals surface area (Å²) in [4.78, 5) is 18.3. The molecule has 0 saturated heterocycles. The Kier molecular flexibility index (Phi) is 4.71. The molecule has 0 bridgehead atoms. The van der Waals surface area contributed by atoms with Gasteiger partial charge < -0.3 is 10.0 Å². The van der Waals surface area contributed by atoms with Gasteiger partial charge in [-0.3, -0.25) is 4.79 Å². The van der Waals surface area contributed by atoms with Crippen molar-refractivity contribution in [2.24, 2.45) is 0 Å². The first-order valence-electron chi connectivity index (χ1n) is 7.04. The molecular weight excluding hydrogens is 300 g/mol. The SMILES string of the molecule is C=C(Cl)C1=C(/C=C\C)C(=O)N(C(C)c2cnc(O)c(C)c2)C1. The fourth-order valence-corrected chi connectivity index (χ4v) is 2.65. The Hall–Kier alpha value is -2.07. The van der Waals surface area contributed by atoms with Gasteiger partial charge in [0, 0.05) is 34.5 Å². The fraction of sp³-hybridized carbons (Fsp3) is 0.294. The Morgan fingerprint density at radius 2 is 2.27 bits per heavy atom. The second-order valence-corrected chi connectivity index (χ2v) is 5.77. The summed E-state index contributed by atoms with van der Waals surface area (Å²) < 4.78 is 0. The Balaban J connectivity index is 2.33. The van der Waals surface area contributed by atoms with Gasteiger partial charge in [-0.1, -0.05) is 30.3 Å². The standard InChI is InChI=1S/C17H19ClN2O2/c1-5-6-14-15(11(3)18)9-20(17(14)22)12(4)13-7-10(2)16(21)19-8-13/h5-8,12H,3,9H2,1-2,4H3,(H,19,21)/b6-5-. The van der Waals surface area contributed by atoms with E-state index in [1.54, 1.807) is 24.1 Å². The van der Waals surface area contributed by atoms with Crippen LogP contribution in [0.1, 0.15) is 31.0 Å². The predicted octanol–water partition coefficient (Wildman–Crippen LogP) is 3.62. The van der Waals surface area contributed by atoms with Gasteiger partial charge in [0.1, 0.15) is 0 Å². The number of aromatic hydroxyl groups is 1. The van der Waals surface area contributed by atoms with Crippen LogP contribution in [0.2, 0.25) is 0 Å². The molecule has 1 aliphatic heterocycles. The lowest BCUT2D eigenvalue weighted by atomic mass is 10.1. The first-order valence-corrected chi connectivity index (χ1v) is 7.41. The van der Waals surface area contributed by atoms with Gasteiger partial charge in [0.25, 0.3) is 5.91 Å². The second-order valence-electron chi connectivity index (χ2n) is 5.32. The van der Waals surface area contributed by atoms with Crippen molar-refractivity contribution in [3.05, 3.63) is 58.3 Å². The van der Waals surface area contributed by atoms with Crippen molar-refractivity contribution in [1.29, 1.82) is 0 Å². The van der Waals surface area contributed by atoms with Gasteiger partial charge in [-0.2, -0.15) is 0 Å². The molecule has 1 N–H and O–H groups in total. The maximum atomic E-state index is 12.6. The average molecular weight is 319 g/mol. The minimum atomic E-state index is -0.173. The number of rotatable bonds is 4. The van der Waals surface area contributed by atoms with E-state index >= 15 is 0 Å². The maximum absolute atomic E-state index is 12.6. The lowest BCUT2D eigenvalue weighted by Gasteiger charge is -2.25. The van der Waals surface area contributed by atoms with E-state index in [9.17, 15) is 9.90 Å². The van der Waals surface area contributed by atoms with E-state index in [0.29, 0.717) is 22.7 Å². The van der Waals surface area contributed by atoms with Gasteiger partial charge in [0.2, 0.25) is 5.88 Å². The minimum absolute atomic E-state index is 0.00579. The van der Waals surface area contributed by atoms with Crippen LogP contribution in [0.3, 0.4) is 0 Å². The average Bonchev–Trinajstić information content (AvgIpc) is 2.79. The third-order valence-corrected chi connectivity index (χ3v) is 4.06. The molecule has 4 nitrogen and oxygen atoms in total. The molecule has 0 aromatic carbocycles. The van der Waals surface area contributed by atoms with Crippen LogP contribution in [0.5, 0.6) is 5.88 Å². The topological polar surface area (TPSA) is 53.4 Å². The highest BCUT2D eigenvalue weighted by Crippen LogP contribution is 2.33. The van der Waals surface area contributed by atoms with Crippen LogP contribution in [0.15, 0.2) is 47.2 Å². The molecule has 0 aliphatic carbocycles. The molecular formula is C17H19ClN2O2. The summed E-state index contributed by atoms with van der Waals surface area (Å²) in [7, 11) is 0. The summed E-state index contributed by atoms with van der Waals surface area (Å²) in [6, 6.07) is 1.66. The molecule has 22 heavy (non-hydrogen) atoms. The molecule has 2 heterocycles. The van der Waals surface area contributed by atoms with Crippen LogP contribution >= 0.6 is 11.6 Å². The molecule has 1 aliphatic rings. The highest BCUT2D eigenvalue weighted by Gasteiger charge is 2.33. The normalized spacial score (nSPS) is 16.7. The van der Waals surface area contributed by atoms with E-state index in [1.807, 2.05) is 26.0 Å². The number of carbonyl (C=O) groups excluding carboxylic acids is 1. The molecule has 1 aromatic heterocycles. The Labute approximate surface area is 135 Å². The maximum Gasteiger partial charge on any atom is 0.255 e. The Morgan fingerprint density at radius 1 is 1.59 bits per heavy atom. The van der Waals surface area contributed by atoms with Crippen LogP contribution in [-0.2, 0) is 4.79 Å². The molecule has 1 unspecified atom stereocenters. The molecule has 0 fully saturated rings. The van der Waals surface area contributed by atoms with Crippen molar-refractivity contribution in [3.8, 4) is 5.88 Å². The van der Waals surface area contributed by atoms with E-state index in [1.165, 1.54) is 0 Å². The highest BCUT2D eigenvalue weighted by atomic mass is 35.5. The van der Waals surface area contributed by atoms with Crippen molar-refractivity contribution < 1.29 is 9.90 Å². The van der Waals surface area contributed by atoms with Crippen molar-refractivity contribution in [2.75, 3.05) is 6.54 Å². The molecule has 5 heteroatoms. The van der Waals surface area contributed by atoms with Gasteiger partial charge in [0.15, 0.2) is 0 Å². The molecule has 1 atom stereocenters. The van der Waals surface area contributed by atoms with E-state index in [-0.39, 0.29) is 17.8 Å². The van der Waals surface area contributed by atoms with Gasteiger partial charge in [-0.05, 0) is 32.4 Å². The molecule has 0 radical (unpaired) electrons. The number of amides is 1. The first-order chi connectivity index (χ1) is 10.4. The van der Waals surface area contributed by atoms with E-state index in [0.717, 1.165) is 11.1 Å². The molecule has 1 amide bonds. The number of aromatic nitrogens is 1. The fourth-order valence-electron chi connectivity index (χ4n) is 2.49. The number of aryl methyl sites for hydroxylation is 1. The summed E-state index contributed by atoms with van der Waals surface area (Å²) in [5.74, 6) is -0.0700. The van der Waals surface area contributed by atoms with Crippen LogP contribution in [0.25, 0.3) is 0 Å². The molecule has 0 spiro atoms. The number of allylic oxidation sites excluding steroid dienone is 1. The van der Waals surface area contributed by atoms with Crippen molar-refractivity contribution in [1.82, 2.24) is 9.88 Å².